The molecule has 2 aliphatic rings. The molecule has 1 aromatic carbocycles. The van der Waals surface area contributed by atoms with Gasteiger partial charge in [0.1, 0.15) is 16.6 Å². The normalized spacial score (nSPS) is 20.5. The van der Waals surface area contributed by atoms with E-state index in [9.17, 15) is 18.3 Å². The predicted octanol–water partition coefficient (Wildman–Crippen LogP) is 4.57. The summed E-state index contributed by atoms with van der Waals surface area (Å²) < 4.78 is 43.7. The van der Waals surface area contributed by atoms with Gasteiger partial charge in [0.25, 0.3) is 0 Å². The van der Waals surface area contributed by atoms with Gasteiger partial charge in [0.2, 0.25) is 0 Å². The van der Waals surface area contributed by atoms with Crippen LogP contribution in [-0.4, -0.2) is 46.6 Å². The van der Waals surface area contributed by atoms with Crippen molar-refractivity contribution in [1.82, 2.24) is 9.88 Å². The fourth-order valence-corrected chi connectivity index (χ4v) is 4.29. The summed E-state index contributed by atoms with van der Waals surface area (Å²) in [6.45, 7) is 1.51. The van der Waals surface area contributed by atoms with E-state index in [-0.39, 0.29) is 24.2 Å². The molecular formula is C19H18F3N3O2S. The number of rotatable bonds is 4. The molecule has 0 bridgehead atoms. The van der Waals surface area contributed by atoms with Crippen LogP contribution in [0.2, 0.25) is 0 Å². The Morgan fingerprint density at radius 2 is 2.04 bits per heavy atom. The zero-order valence-electron chi connectivity index (χ0n) is 14.8. The monoisotopic (exact) mass is 409 g/mol. The molecule has 0 spiro atoms. The van der Waals surface area contributed by atoms with Gasteiger partial charge in [-0.05, 0) is 25.0 Å². The molecule has 5 nitrogen and oxygen atoms in total. The number of aliphatic hydroxyl groups is 1. The number of benzene rings is 1. The smallest absolute Gasteiger partial charge is 0.416 e. The first-order valence-corrected chi connectivity index (χ1v) is 9.72. The highest BCUT2D eigenvalue weighted by Crippen LogP contribution is 2.34. The number of nitrogens with one attached hydrogen (secondary N) is 1. The summed E-state index contributed by atoms with van der Waals surface area (Å²) >= 11 is 1.25. The van der Waals surface area contributed by atoms with E-state index < -0.39 is 11.7 Å². The molecule has 1 atom stereocenters. The summed E-state index contributed by atoms with van der Waals surface area (Å²) in [4.78, 5) is 6.21. The first kappa shape index (κ1) is 18.9. The molecule has 1 fully saturated rings. The van der Waals surface area contributed by atoms with Crippen LogP contribution in [0.5, 0.6) is 0 Å². The van der Waals surface area contributed by atoms with Crippen molar-refractivity contribution in [3.05, 3.63) is 46.0 Å². The Bertz CT molecular complexity index is 915. The lowest BCUT2D eigenvalue weighted by Crippen LogP contribution is -2.34. The maximum absolute atomic E-state index is 12.7. The van der Waals surface area contributed by atoms with Crippen LogP contribution >= 0.6 is 11.3 Å². The fourth-order valence-electron chi connectivity index (χ4n) is 3.40. The van der Waals surface area contributed by atoms with Gasteiger partial charge in [0.15, 0.2) is 0 Å². The van der Waals surface area contributed by atoms with Crippen molar-refractivity contribution in [2.75, 3.05) is 19.7 Å². The SMILES string of the molecule is N=C1C(c2nc(-c3ccc(C(F)(F)F)cc3)cs2)=C(O)CN1C[C@@H]1CCCO1. The van der Waals surface area contributed by atoms with Crippen LogP contribution in [0.4, 0.5) is 13.2 Å². The summed E-state index contributed by atoms with van der Waals surface area (Å²) in [7, 11) is 0. The van der Waals surface area contributed by atoms with Crippen molar-refractivity contribution in [3.8, 4) is 11.3 Å². The van der Waals surface area contributed by atoms with Gasteiger partial charge in [0, 0.05) is 24.1 Å². The van der Waals surface area contributed by atoms with E-state index in [1.54, 1.807) is 10.3 Å². The lowest BCUT2D eigenvalue weighted by atomic mass is 10.1. The second-order valence-electron chi connectivity index (χ2n) is 6.80. The van der Waals surface area contributed by atoms with E-state index in [1.807, 2.05) is 0 Å². The number of aromatic nitrogens is 1. The fraction of sp³-hybridized carbons (Fsp3) is 0.368. The van der Waals surface area contributed by atoms with Crippen molar-refractivity contribution in [1.29, 1.82) is 5.41 Å². The number of aliphatic hydroxyl groups excluding tert-OH is 1. The number of halogens is 3. The van der Waals surface area contributed by atoms with E-state index in [1.165, 1.54) is 23.5 Å². The molecule has 2 aliphatic heterocycles. The van der Waals surface area contributed by atoms with E-state index >= 15 is 0 Å². The van der Waals surface area contributed by atoms with Crippen LogP contribution in [0.15, 0.2) is 35.4 Å². The molecule has 28 heavy (non-hydrogen) atoms. The Kier molecular flexibility index (Phi) is 4.88. The first-order valence-electron chi connectivity index (χ1n) is 8.84. The zero-order chi connectivity index (χ0) is 19.9. The van der Waals surface area contributed by atoms with Crippen LogP contribution in [0.3, 0.4) is 0 Å². The molecular weight excluding hydrogens is 391 g/mol. The third kappa shape index (κ3) is 3.64. The minimum atomic E-state index is -4.38. The number of amidine groups is 1. The molecule has 0 radical (unpaired) electrons. The third-order valence-electron chi connectivity index (χ3n) is 4.86. The average molecular weight is 409 g/mol. The summed E-state index contributed by atoms with van der Waals surface area (Å²) in [5.41, 5.74) is 0.728. The number of nitrogens with zero attached hydrogens (tertiary/aromatic N) is 2. The molecule has 0 unspecified atom stereocenters. The highest BCUT2D eigenvalue weighted by molar-refractivity contribution is 7.11. The number of thiazole rings is 1. The molecule has 2 N–H and O–H groups in total. The van der Waals surface area contributed by atoms with Crippen molar-refractivity contribution in [2.24, 2.45) is 0 Å². The molecule has 1 aromatic heterocycles. The van der Waals surface area contributed by atoms with E-state index in [0.29, 0.717) is 28.4 Å². The van der Waals surface area contributed by atoms with Crippen LogP contribution in [0, 0.1) is 5.41 Å². The quantitative estimate of drug-likeness (QED) is 0.776. The van der Waals surface area contributed by atoms with Crippen LogP contribution in [-0.2, 0) is 10.9 Å². The van der Waals surface area contributed by atoms with Crippen molar-refractivity contribution < 1.29 is 23.0 Å². The Morgan fingerprint density at radius 1 is 1.29 bits per heavy atom. The van der Waals surface area contributed by atoms with Gasteiger partial charge in [-0.15, -0.1) is 11.3 Å². The largest absolute Gasteiger partial charge is 0.510 e. The van der Waals surface area contributed by atoms with Gasteiger partial charge < -0.3 is 14.7 Å². The maximum Gasteiger partial charge on any atom is 0.416 e. The number of hydrogen-bond acceptors (Lipinski definition) is 5. The molecule has 4 rings (SSSR count). The molecule has 0 amide bonds. The summed E-state index contributed by atoms with van der Waals surface area (Å²) in [6.07, 6.45) is -2.38. The van der Waals surface area contributed by atoms with Gasteiger partial charge in [-0.3, -0.25) is 5.41 Å². The van der Waals surface area contributed by atoms with Crippen molar-refractivity contribution in [3.63, 3.8) is 0 Å². The van der Waals surface area contributed by atoms with E-state index in [4.69, 9.17) is 10.1 Å². The standard InChI is InChI=1S/C19H18F3N3O2S/c20-19(21,22)12-5-3-11(4-6-12)14-10-28-18(24-14)16-15(26)9-25(17(16)23)8-13-2-1-7-27-13/h3-6,10,13,23,26H,1-2,7-9H2/t13-/m0/s1. The number of alkyl halides is 3. The molecule has 9 heteroatoms. The lowest BCUT2D eigenvalue weighted by molar-refractivity contribution is -0.137. The average Bonchev–Trinajstić information content (AvgIpc) is 3.37. The zero-order valence-corrected chi connectivity index (χ0v) is 15.6. The Morgan fingerprint density at radius 3 is 2.68 bits per heavy atom. The Balaban J connectivity index is 1.52. The summed E-state index contributed by atoms with van der Waals surface area (Å²) in [6, 6.07) is 4.79. The van der Waals surface area contributed by atoms with Crippen LogP contribution in [0.1, 0.15) is 23.4 Å². The molecule has 1 saturated heterocycles. The van der Waals surface area contributed by atoms with E-state index in [2.05, 4.69) is 4.98 Å². The highest BCUT2D eigenvalue weighted by Gasteiger charge is 2.33. The minimum Gasteiger partial charge on any atom is -0.510 e. The van der Waals surface area contributed by atoms with Gasteiger partial charge in [0.05, 0.1) is 29.5 Å². The molecule has 0 aliphatic carbocycles. The summed E-state index contributed by atoms with van der Waals surface area (Å²) in [5.74, 6) is 0.276. The van der Waals surface area contributed by atoms with Crippen molar-refractivity contribution >= 4 is 22.7 Å². The highest BCUT2D eigenvalue weighted by atomic mass is 32.1. The maximum atomic E-state index is 12.7. The van der Waals surface area contributed by atoms with Crippen LogP contribution in [0.25, 0.3) is 16.8 Å². The van der Waals surface area contributed by atoms with Crippen molar-refractivity contribution in [2.45, 2.75) is 25.1 Å². The Labute approximate surface area is 163 Å². The van der Waals surface area contributed by atoms with Gasteiger partial charge in [-0.25, -0.2) is 4.98 Å². The Hall–Kier alpha value is -2.39. The third-order valence-corrected chi connectivity index (χ3v) is 5.72. The number of hydrogen-bond donors (Lipinski definition) is 2. The van der Waals surface area contributed by atoms with Crippen LogP contribution < -0.4 is 0 Å². The minimum absolute atomic E-state index is 0.0616. The lowest BCUT2D eigenvalue weighted by Gasteiger charge is -2.21. The van der Waals surface area contributed by atoms with Gasteiger partial charge >= 0.3 is 6.18 Å². The molecule has 148 valence electrons. The summed E-state index contributed by atoms with van der Waals surface area (Å²) in [5, 5.41) is 21.0. The first-order chi connectivity index (χ1) is 13.3. The topological polar surface area (TPSA) is 69.4 Å². The second kappa shape index (κ2) is 7.21. The van der Waals surface area contributed by atoms with Gasteiger partial charge in [-0.2, -0.15) is 13.2 Å². The predicted molar refractivity (Wildman–Crippen MR) is 100 cm³/mol. The van der Waals surface area contributed by atoms with Gasteiger partial charge in [-0.1, -0.05) is 12.1 Å². The van der Waals surface area contributed by atoms with E-state index in [0.717, 1.165) is 31.6 Å². The number of ether oxygens (including phenoxy) is 1. The second-order valence-corrected chi connectivity index (χ2v) is 7.66. The molecule has 3 heterocycles. The molecule has 0 saturated carbocycles. The molecule has 2 aromatic rings.